The quantitative estimate of drug-likeness (QED) is 0.741. The third-order valence-electron chi connectivity index (χ3n) is 2.61. The fourth-order valence-corrected chi connectivity index (χ4v) is 1.64. The largest absolute Gasteiger partial charge is 0.497 e. The van der Waals surface area contributed by atoms with E-state index in [1.165, 1.54) is 0 Å². The highest BCUT2D eigenvalue weighted by atomic mass is 16.5. The van der Waals surface area contributed by atoms with Crippen LogP contribution in [0.1, 0.15) is 24.9 Å². The third-order valence-corrected chi connectivity index (χ3v) is 2.61. The van der Waals surface area contributed by atoms with Crippen molar-refractivity contribution in [1.29, 1.82) is 0 Å². The summed E-state index contributed by atoms with van der Waals surface area (Å²) in [5.74, 6) is 1.57. The van der Waals surface area contributed by atoms with Gasteiger partial charge in [0.1, 0.15) is 11.5 Å². The molecule has 0 aliphatic rings. The summed E-state index contributed by atoms with van der Waals surface area (Å²) in [6, 6.07) is 5.54. The standard InChI is InChI=1S/C13H21NO3/c1-4-17-8-7-12(14)11-9-10(15-2)5-6-13(11)16-3/h5-6,9,12H,4,7-8,14H2,1-3H3. The predicted molar refractivity (Wildman–Crippen MR) is 67.6 cm³/mol. The molecule has 0 aliphatic carbocycles. The van der Waals surface area contributed by atoms with Crippen molar-refractivity contribution < 1.29 is 14.2 Å². The van der Waals surface area contributed by atoms with E-state index in [0.29, 0.717) is 13.2 Å². The monoisotopic (exact) mass is 239 g/mol. The fourth-order valence-electron chi connectivity index (χ4n) is 1.64. The molecule has 4 nitrogen and oxygen atoms in total. The Balaban J connectivity index is 2.78. The van der Waals surface area contributed by atoms with E-state index in [2.05, 4.69) is 0 Å². The molecule has 0 bridgehead atoms. The summed E-state index contributed by atoms with van der Waals surface area (Å²) in [6.07, 6.45) is 0.761. The third kappa shape index (κ3) is 3.91. The number of ether oxygens (including phenoxy) is 3. The smallest absolute Gasteiger partial charge is 0.123 e. The summed E-state index contributed by atoms with van der Waals surface area (Å²) in [5, 5.41) is 0. The Labute approximate surface area is 103 Å². The van der Waals surface area contributed by atoms with Crippen LogP contribution in [-0.2, 0) is 4.74 Å². The Morgan fingerprint density at radius 2 is 2.00 bits per heavy atom. The van der Waals surface area contributed by atoms with Gasteiger partial charge >= 0.3 is 0 Å². The van der Waals surface area contributed by atoms with E-state index >= 15 is 0 Å². The molecule has 0 saturated carbocycles. The number of rotatable bonds is 7. The lowest BCUT2D eigenvalue weighted by molar-refractivity contribution is 0.139. The van der Waals surface area contributed by atoms with Crippen molar-refractivity contribution in [1.82, 2.24) is 0 Å². The topological polar surface area (TPSA) is 53.7 Å². The van der Waals surface area contributed by atoms with Crippen molar-refractivity contribution in [3.05, 3.63) is 23.8 Å². The van der Waals surface area contributed by atoms with Crippen molar-refractivity contribution in [2.24, 2.45) is 5.73 Å². The van der Waals surface area contributed by atoms with Gasteiger partial charge in [-0.3, -0.25) is 0 Å². The van der Waals surface area contributed by atoms with Gasteiger partial charge < -0.3 is 19.9 Å². The van der Waals surface area contributed by atoms with E-state index in [0.717, 1.165) is 23.5 Å². The fraction of sp³-hybridized carbons (Fsp3) is 0.538. The number of nitrogens with two attached hydrogens (primary N) is 1. The van der Waals surface area contributed by atoms with Gasteiger partial charge in [0.2, 0.25) is 0 Å². The van der Waals surface area contributed by atoms with E-state index in [1.807, 2.05) is 25.1 Å². The van der Waals surface area contributed by atoms with E-state index in [4.69, 9.17) is 19.9 Å². The molecule has 96 valence electrons. The van der Waals surface area contributed by atoms with Crippen molar-refractivity contribution in [3.63, 3.8) is 0 Å². The van der Waals surface area contributed by atoms with Gasteiger partial charge in [-0.25, -0.2) is 0 Å². The number of hydrogen-bond acceptors (Lipinski definition) is 4. The number of benzene rings is 1. The average Bonchev–Trinajstić information content (AvgIpc) is 2.38. The van der Waals surface area contributed by atoms with Gasteiger partial charge in [-0.05, 0) is 31.5 Å². The van der Waals surface area contributed by atoms with Gasteiger partial charge in [-0.15, -0.1) is 0 Å². The predicted octanol–water partition coefficient (Wildman–Crippen LogP) is 2.13. The maximum absolute atomic E-state index is 6.12. The Morgan fingerprint density at radius 3 is 2.59 bits per heavy atom. The summed E-state index contributed by atoms with van der Waals surface area (Å²) in [5.41, 5.74) is 7.07. The van der Waals surface area contributed by atoms with Crippen molar-refractivity contribution in [2.45, 2.75) is 19.4 Å². The average molecular weight is 239 g/mol. The van der Waals surface area contributed by atoms with Crippen LogP contribution in [0.4, 0.5) is 0 Å². The van der Waals surface area contributed by atoms with Gasteiger partial charge in [0.15, 0.2) is 0 Å². The normalized spacial score (nSPS) is 12.2. The molecule has 0 heterocycles. The summed E-state index contributed by atoms with van der Waals surface area (Å²) in [6.45, 7) is 3.33. The summed E-state index contributed by atoms with van der Waals surface area (Å²) in [4.78, 5) is 0. The highest BCUT2D eigenvalue weighted by molar-refractivity contribution is 5.42. The zero-order valence-corrected chi connectivity index (χ0v) is 10.7. The lowest BCUT2D eigenvalue weighted by atomic mass is 10.0. The first-order chi connectivity index (χ1) is 8.22. The van der Waals surface area contributed by atoms with Crippen LogP contribution in [-0.4, -0.2) is 27.4 Å². The Kier molecular flexibility index (Phi) is 5.80. The summed E-state index contributed by atoms with van der Waals surface area (Å²) < 4.78 is 15.8. The Bertz CT molecular complexity index is 341. The molecule has 0 saturated heterocycles. The molecule has 1 aromatic rings. The Hall–Kier alpha value is -1.26. The second-order valence-corrected chi connectivity index (χ2v) is 3.70. The van der Waals surface area contributed by atoms with Crippen LogP contribution < -0.4 is 15.2 Å². The molecule has 1 atom stereocenters. The molecule has 2 N–H and O–H groups in total. The van der Waals surface area contributed by atoms with Crippen molar-refractivity contribution in [3.8, 4) is 11.5 Å². The van der Waals surface area contributed by atoms with E-state index < -0.39 is 0 Å². The molecular formula is C13H21NO3. The zero-order chi connectivity index (χ0) is 12.7. The maximum Gasteiger partial charge on any atom is 0.123 e. The van der Waals surface area contributed by atoms with Gasteiger partial charge in [0.05, 0.1) is 14.2 Å². The highest BCUT2D eigenvalue weighted by Crippen LogP contribution is 2.29. The van der Waals surface area contributed by atoms with Gasteiger partial charge in [-0.2, -0.15) is 0 Å². The Morgan fingerprint density at radius 1 is 1.24 bits per heavy atom. The van der Waals surface area contributed by atoms with Crippen LogP contribution in [0.5, 0.6) is 11.5 Å². The molecular weight excluding hydrogens is 218 g/mol. The van der Waals surface area contributed by atoms with Crippen LogP contribution in [0.3, 0.4) is 0 Å². The van der Waals surface area contributed by atoms with Crippen LogP contribution in [0.2, 0.25) is 0 Å². The minimum Gasteiger partial charge on any atom is -0.497 e. The first-order valence-corrected chi connectivity index (χ1v) is 5.78. The first kappa shape index (κ1) is 13.8. The van der Waals surface area contributed by atoms with E-state index in [9.17, 15) is 0 Å². The highest BCUT2D eigenvalue weighted by Gasteiger charge is 2.13. The summed E-state index contributed by atoms with van der Waals surface area (Å²) >= 11 is 0. The van der Waals surface area contributed by atoms with Crippen molar-refractivity contribution in [2.75, 3.05) is 27.4 Å². The minimum absolute atomic E-state index is 0.105. The molecule has 0 spiro atoms. The lowest BCUT2D eigenvalue weighted by Gasteiger charge is -2.16. The SMILES string of the molecule is CCOCCC(N)c1cc(OC)ccc1OC. The van der Waals surface area contributed by atoms with Crippen LogP contribution in [0.15, 0.2) is 18.2 Å². The molecule has 0 amide bonds. The lowest BCUT2D eigenvalue weighted by Crippen LogP contribution is -2.14. The molecule has 0 aromatic heterocycles. The minimum atomic E-state index is -0.105. The molecule has 0 aliphatic heterocycles. The van der Waals surface area contributed by atoms with E-state index in [-0.39, 0.29) is 6.04 Å². The molecule has 1 unspecified atom stereocenters. The molecule has 4 heteroatoms. The second kappa shape index (κ2) is 7.14. The first-order valence-electron chi connectivity index (χ1n) is 5.78. The molecule has 1 rings (SSSR count). The van der Waals surface area contributed by atoms with Gasteiger partial charge in [0.25, 0.3) is 0 Å². The van der Waals surface area contributed by atoms with Gasteiger partial charge in [0, 0.05) is 24.8 Å². The van der Waals surface area contributed by atoms with Crippen LogP contribution in [0, 0.1) is 0 Å². The van der Waals surface area contributed by atoms with E-state index in [1.54, 1.807) is 14.2 Å². The molecule has 17 heavy (non-hydrogen) atoms. The van der Waals surface area contributed by atoms with Crippen molar-refractivity contribution >= 4 is 0 Å². The molecule has 1 aromatic carbocycles. The second-order valence-electron chi connectivity index (χ2n) is 3.70. The van der Waals surface area contributed by atoms with Crippen LogP contribution >= 0.6 is 0 Å². The van der Waals surface area contributed by atoms with Crippen LogP contribution in [0.25, 0.3) is 0 Å². The number of methoxy groups -OCH3 is 2. The summed E-state index contributed by atoms with van der Waals surface area (Å²) in [7, 11) is 3.28. The maximum atomic E-state index is 6.12. The molecule has 0 fully saturated rings. The van der Waals surface area contributed by atoms with Gasteiger partial charge in [-0.1, -0.05) is 0 Å². The molecule has 0 radical (unpaired) electrons. The number of hydrogen-bond donors (Lipinski definition) is 1. The zero-order valence-electron chi connectivity index (χ0n) is 10.7.